The molecule has 0 spiro atoms. The van der Waals surface area contributed by atoms with Gasteiger partial charge >= 0.3 is 6.09 Å². The van der Waals surface area contributed by atoms with E-state index in [4.69, 9.17) is 14.5 Å². The van der Waals surface area contributed by atoms with Crippen LogP contribution in [0.25, 0.3) is 11.0 Å². The molecule has 2 saturated heterocycles. The molecule has 1 aromatic heterocycles. The van der Waals surface area contributed by atoms with Crippen molar-refractivity contribution in [2.45, 2.75) is 79.9 Å². The molecule has 9 nitrogen and oxygen atoms in total. The number of piperidine rings is 1. The molecule has 42 heavy (non-hydrogen) atoms. The first kappa shape index (κ1) is 32.0. The number of para-hydroxylation sites is 2. The van der Waals surface area contributed by atoms with Crippen molar-refractivity contribution in [3.8, 4) is 0 Å². The highest BCUT2D eigenvalue weighted by Gasteiger charge is 2.43. The summed E-state index contributed by atoms with van der Waals surface area (Å²) in [6.07, 6.45) is 1.82. The zero-order valence-corrected chi connectivity index (χ0v) is 26.6. The summed E-state index contributed by atoms with van der Waals surface area (Å²) in [5.74, 6) is 0.152. The highest BCUT2D eigenvalue weighted by atomic mass is 16.6. The van der Waals surface area contributed by atoms with Crippen LogP contribution in [0.3, 0.4) is 0 Å². The quantitative estimate of drug-likeness (QED) is 0.354. The Morgan fingerprint density at radius 3 is 2.38 bits per heavy atom. The molecule has 2 amide bonds. The average Bonchev–Trinajstić information content (AvgIpc) is 3.32. The maximum absolute atomic E-state index is 14.4. The Hall–Kier alpha value is -2.94. The number of Topliss-reactive ketones (excluding diaryl/α,β-unsaturated/α-hetero) is 1. The molecule has 0 saturated carbocycles. The van der Waals surface area contributed by atoms with Gasteiger partial charge in [-0.1, -0.05) is 39.8 Å². The standard InChI is InChI=1S/C33H50N4O5/c1-8-13-37-28-12-10-9-11-27(28)34-30(37)29(38)26(18-22(2)3)23(4)24-19-25(31(39)35-14-16-41-17-15-35)21-36(20-24)32(40)42-33(5,6)7/h9-12,22-26H,8,13-21H2,1-7H3/t23?,24-,25+,26?/m0/s1. The normalized spacial score (nSPS) is 21.4. The van der Waals surface area contributed by atoms with Gasteiger partial charge in [-0.15, -0.1) is 0 Å². The number of morpholine rings is 1. The number of rotatable bonds is 9. The third-order valence-electron chi connectivity index (χ3n) is 8.57. The van der Waals surface area contributed by atoms with Crippen LogP contribution in [0, 0.1) is 29.6 Å². The minimum absolute atomic E-state index is 0.0436. The topological polar surface area (TPSA) is 94.0 Å². The van der Waals surface area contributed by atoms with Crippen LogP contribution in [-0.2, 0) is 20.8 Å². The number of amides is 2. The van der Waals surface area contributed by atoms with Gasteiger partial charge < -0.3 is 23.8 Å². The van der Waals surface area contributed by atoms with Crippen molar-refractivity contribution in [3.63, 3.8) is 0 Å². The van der Waals surface area contributed by atoms with E-state index in [9.17, 15) is 14.4 Å². The molecule has 0 radical (unpaired) electrons. The van der Waals surface area contributed by atoms with Gasteiger partial charge in [-0.25, -0.2) is 9.78 Å². The number of carbonyl (C=O) groups is 3. The van der Waals surface area contributed by atoms with E-state index >= 15 is 0 Å². The van der Waals surface area contributed by atoms with Crippen molar-refractivity contribution in [1.82, 2.24) is 19.4 Å². The molecule has 3 heterocycles. The van der Waals surface area contributed by atoms with Crippen LogP contribution in [0.4, 0.5) is 4.79 Å². The monoisotopic (exact) mass is 582 g/mol. The molecule has 0 bridgehead atoms. The van der Waals surface area contributed by atoms with Crippen molar-refractivity contribution in [1.29, 1.82) is 0 Å². The van der Waals surface area contributed by atoms with Crippen molar-refractivity contribution in [3.05, 3.63) is 30.1 Å². The molecule has 4 atom stereocenters. The summed E-state index contributed by atoms with van der Waals surface area (Å²) in [5.41, 5.74) is 1.16. The van der Waals surface area contributed by atoms with E-state index in [1.165, 1.54) is 0 Å². The number of aryl methyl sites for hydroxylation is 1. The Morgan fingerprint density at radius 2 is 1.74 bits per heavy atom. The van der Waals surface area contributed by atoms with E-state index in [1.54, 1.807) is 4.90 Å². The molecule has 2 aromatic rings. The van der Waals surface area contributed by atoms with Crippen LogP contribution in [0.15, 0.2) is 24.3 Å². The molecule has 2 unspecified atom stereocenters. The Labute approximate surface area is 250 Å². The van der Waals surface area contributed by atoms with E-state index in [0.717, 1.165) is 24.0 Å². The van der Waals surface area contributed by atoms with E-state index < -0.39 is 11.7 Å². The van der Waals surface area contributed by atoms with Crippen LogP contribution in [0.1, 0.15) is 78.3 Å². The smallest absolute Gasteiger partial charge is 0.410 e. The minimum Gasteiger partial charge on any atom is -0.444 e. The Morgan fingerprint density at radius 1 is 1.05 bits per heavy atom. The number of benzene rings is 1. The molecular formula is C33H50N4O5. The summed E-state index contributed by atoms with van der Waals surface area (Å²) in [6, 6.07) is 7.92. The van der Waals surface area contributed by atoms with Crippen LogP contribution < -0.4 is 0 Å². The molecule has 4 rings (SSSR count). The third-order valence-corrected chi connectivity index (χ3v) is 8.57. The number of likely N-dealkylation sites (tertiary alicyclic amines) is 1. The molecule has 2 aliphatic rings. The molecule has 0 N–H and O–H groups in total. The number of hydrogen-bond donors (Lipinski definition) is 0. The lowest BCUT2D eigenvalue weighted by molar-refractivity contribution is -0.142. The van der Waals surface area contributed by atoms with E-state index in [-0.39, 0.29) is 35.4 Å². The van der Waals surface area contributed by atoms with Crippen LogP contribution in [0.2, 0.25) is 0 Å². The fourth-order valence-corrected chi connectivity index (χ4v) is 6.49. The Balaban J connectivity index is 1.66. The summed E-state index contributed by atoms with van der Waals surface area (Å²) in [4.78, 5) is 49.8. The van der Waals surface area contributed by atoms with Gasteiger partial charge in [0.25, 0.3) is 0 Å². The average molecular weight is 583 g/mol. The highest BCUT2D eigenvalue weighted by molar-refractivity contribution is 5.98. The summed E-state index contributed by atoms with van der Waals surface area (Å²) in [6.45, 7) is 17.7. The molecule has 0 aliphatic carbocycles. The zero-order valence-electron chi connectivity index (χ0n) is 26.6. The number of hydrogen-bond acceptors (Lipinski definition) is 6. The number of fused-ring (bicyclic) bond motifs is 1. The second kappa shape index (κ2) is 13.6. The first-order valence-electron chi connectivity index (χ1n) is 15.7. The molecule has 2 fully saturated rings. The largest absolute Gasteiger partial charge is 0.444 e. The molecule has 2 aliphatic heterocycles. The second-order valence-electron chi connectivity index (χ2n) is 13.6. The number of nitrogens with zero attached hydrogens (tertiary/aromatic N) is 4. The number of aromatic nitrogens is 2. The van der Waals surface area contributed by atoms with Crippen LogP contribution in [0.5, 0.6) is 0 Å². The van der Waals surface area contributed by atoms with E-state index in [2.05, 4.69) is 32.3 Å². The predicted molar refractivity (Wildman–Crippen MR) is 163 cm³/mol. The molecule has 1 aromatic carbocycles. The van der Waals surface area contributed by atoms with Gasteiger partial charge in [0, 0.05) is 38.6 Å². The van der Waals surface area contributed by atoms with Crippen molar-refractivity contribution in [2.75, 3.05) is 39.4 Å². The Bertz CT molecular complexity index is 1240. The lowest BCUT2D eigenvalue weighted by Gasteiger charge is -2.43. The van der Waals surface area contributed by atoms with Crippen LogP contribution >= 0.6 is 0 Å². The highest BCUT2D eigenvalue weighted by Crippen LogP contribution is 2.37. The van der Waals surface area contributed by atoms with Crippen molar-refractivity contribution in [2.24, 2.45) is 29.6 Å². The SMILES string of the molecule is CCCn1c(C(=O)C(CC(C)C)C(C)[C@H]2C[C@@H](C(=O)N3CCOCC3)CN(C(=O)OC(C)(C)C)C2)nc2ccccc21. The van der Waals surface area contributed by atoms with E-state index in [1.807, 2.05) is 49.9 Å². The van der Waals surface area contributed by atoms with Gasteiger partial charge in [0.1, 0.15) is 5.60 Å². The number of ether oxygens (including phenoxy) is 2. The lowest BCUT2D eigenvalue weighted by Crippen LogP contribution is -2.53. The van der Waals surface area contributed by atoms with Crippen LogP contribution in [-0.4, -0.2) is 82.1 Å². The van der Waals surface area contributed by atoms with Gasteiger partial charge in [-0.05, 0) is 69.9 Å². The Kier molecular flexibility index (Phi) is 10.3. The summed E-state index contributed by atoms with van der Waals surface area (Å²) < 4.78 is 13.3. The molecule has 232 valence electrons. The first-order chi connectivity index (χ1) is 19.9. The van der Waals surface area contributed by atoms with Gasteiger partial charge in [-0.3, -0.25) is 9.59 Å². The third kappa shape index (κ3) is 7.52. The zero-order chi connectivity index (χ0) is 30.6. The summed E-state index contributed by atoms with van der Waals surface area (Å²) in [5, 5.41) is 0. The number of carbonyl (C=O) groups excluding carboxylic acids is 3. The number of imidazole rings is 1. The predicted octanol–water partition coefficient (Wildman–Crippen LogP) is 5.66. The van der Waals surface area contributed by atoms with Gasteiger partial charge in [-0.2, -0.15) is 0 Å². The van der Waals surface area contributed by atoms with E-state index in [0.29, 0.717) is 64.0 Å². The second-order valence-corrected chi connectivity index (χ2v) is 13.6. The number of ketones is 1. The molecular weight excluding hydrogens is 532 g/mol. The summed E-state index contributed by atoms with van der Waals surface area (Å²) >= 11 is 0. The maximum atomic E-state index is 14.4. The minimum atomic E-state index is -0.645. The first-order valence-corrected chi connectivity index (χ1v) is 15.7. The lowest BCUT2D eigenvalue weighted by atomic mass is 9.71. The van der Waals surface area contributed by atoms with Gasteiger partial charge in [0.2, 0.25) is 11.7 Å². The van der Waals surface area contributed by atoms with Crippen molar-refractivity contribution < 1.29 is 23.9 Å². The fraction of sp³-hybridized carbons (Fsp3) is 0.697. The van der Waals surface area contributed by atoms with Gasteiger partial charge in [0.15, 0.2) is 5.82 Å². The summed E-state index contributed by atoms with van der Waals surface area (Å²) in [7, 11) is 0. The molecule has 9 heteroatoms. The maximum Gasteiger partial charge on any atom is 0.410 e. The van der Waals surface area contributed by atoms with Crippen molar-refractivity contribution >= 4 is 28.8 Å². The fourth-order valence-electron chi connectivity index (χ4n) is 6.49. The van der Waals surface area contributed by atoms with Gasteiger partial charge in [0.05, 0.1) is 30.2 Å².